The van der Waals surface area contributed by atoms with E-state index in [4.69, 9.17) is 11.6 Å². The monoisotopic (exact) mass is 356 g/mol. The number of nitrogens with zero attached hydrogens (tertiary/aromatic N) is 1. The quantitative estimate of drug-likeness (QED) is 0.878. The van der Waals surface area contributed by atoms with Crippen LogP contribution in [0.25, 0.3) is 0 Å². The van der Waals surface area contributed by atoms with Crippen molar-refractivity contribution in [2.24, 2.45) is 5.92 Å². The Balaban J connectivity index is 1.86. The summed E-state index contributed by atoms with van der Waals surface area (Å²) in [5, 5.41) is 3.41. The van der Waals surface area contributed by atoms with Gasteiger partial charge in [0.2, 0.25) is 5.91 Å². The van der Waals surface area contributed by atoms with Gasteiger partial charge in [-0.25, -0.2) is 0 Å². The van der Waals surface area contributed by atoms with Crippen molar-refractivity contribution >= 4 is 34.8 Å². The van der Waals surface area contributed by atoms with Crippen molar-refractivity contribution in [2.45, 2.75) is 26.7 Å². The fourth-order valence-corrected chi connectivity index (χ4v) is 3.22. The third-order valence-corrected chi connectivity index (χ3v) is 4.54. The largest absolute Gasteiger partial charge is 0.322 e. The van der Waals surface area contributed by atoms with Crippen LogP contribution in [-0.2, 0) is 11.2 Å². The molecular formula is C20H21ClN2O2. The van der Waals surface area contributed by atoms with E-state index in [1.165, 1.54) is 0 Å². The third-order valence-electron chi connectivity index (χ3n) is 4.31. The number of aryl methyl sites for hydroxylation is 1. The van der Waals surface area contributed by atoms with Crippen molar-refractivity contribution in [1.82, 2.24) is 0 Å². The van der Waals surface area contributed by atoms with Crippen LogP contribution in [0.5, 0.6) is 0 Å². The lowest BCUT2D eigenvalue weighted by molar-refractivity contribution is -0.121. The minimum atomic E-state index is -0.222. The highest BCUT2D eigenvalue weighted by atomic mass is 35.5. The van der Waals surface area contributed by atoms with E-state index in [9.17, 15) is 9.59 Å². The van der Waals surface area contributed by atoms with E-state index in [0.717, 1.165) is 30.6 Å². The maximum Gasteiger partial charge on any atom is 0.255 e. The lowest BCUT2D eigenvalue weighted by Gasteiger charge is -2.31. The van der Waals surface area contributed by atoms with Gasteiger partial charge < -0.3 is 10.2 Å². The van der Waals surface area contributed by atoms with Crippen molar-refractivity contribution in [2.75, 3.05) is 16.8 Å². The van der Waals surface area contributed by atoms with Gasteiger partial charge in [-0.2, -0.15) is 0 Å². The Hall–Kier alpha value is -2.33. The lowest BCUT2D eigenvalue weighted by atomic mass is 9.99. The summed E-state index contributed by atoms with van der Waals surface area (Å²) in [7, 11) is 0. The second kappa shape index (κ2) is 7.28. The Kier molecular flexibility index (Phi) is 5.09. The average molecular weight is 357 g/mol. The molecule has 0 saturated carbocycles. The predicted molar refractivity (Wildman–Crippen MR) is 101 cm³/mol. The highest BCUT2D eigenvalue weighted by Gasteiger charge is 2.24. The molecular weight excluding hydrogens is 336 g/mol. The van der Waals surface area contributed by atoms with Crippen molar-refractivity contribution in [3.05, 3.63) is 58.6 Å². The van der Waals surface area contributed by atoms with Crippen LogP contribution in [0.2, 0.25) is 5.02 Å². The van der Waals surface area contributed by atoms with Gasteiger partial charge in [0.05, 0.1) is 0 Å². The summed E-state index contributed by atoms with van der Waals surface area (Å²) in [6.07, 6.45) is 1.90. The average Bonchev–Trinajstić information content (AvgIpc) is 2.60. The topological polar surface area (TPSA) is 49.4 Å². The van der Waals surface area contributed by atoms with E-state index < -0.39 is 0 Å². The second-order valence-electron chi connectivity index (χ2n) is 6.56. The SMILES string of the molecule is CC(C)C(=O)N1CCCc2ccc(NC(=O)c3cccc(Cl)c3)cc21. The number of fused-ring (bicyclic) bond motifs is 1. The van der Waals surface area contributed by atoms with Gasteiger partial charge >= 0.3 is 0 Å². The molecule has 1 aliphatic heterocycles. The first-order chi connectivity index (χ1) is 12.0. The molecule has 0 radical (unpaired) electrons. The summed E-state index contributed by atoms with van der Waals surface area (Å²) in [6.45, 7) is 4.53. The molecule has 2 aromatic carbocycles. The summed E-state index contributed by atoms with van der Waals surface area (Å²) in [5.41, 5.74) is 3.21. The molecule has 2 aromatic rings. The van der Waals surface area contributed by atoms with Crippen LogP contribution >= 0.6 is 11.6 Å². The van der Waals surface area contributed by atoms with E-state index in [0.29, 0.717) is 16.3 Å². The first kappa shape index (κ1) is 17.5. The predicted octanol–water partition coefficient (Wildman–Crippen LogP) is 4.53. The molecule has 0 saturated heterocycles. The van der Waals surface area contributed by atoms with Gasteiger partial charge in [0.25, 0.3) is 5.91 Å². The number of carbonyl (C=O) groups excluding carboxylic acids is 2. The minimum Gasteiger partial charge on any atom is -0.322 e. The van der Waals surface area contributed by atoms with E-state index in [1.54, 1.807) is 24.3 Å². The van der Waals surface area contributed by atoms with Gasteiger partial charge in [-0.1, -0.05) is 37.6 Å². The molecule has 0 aliphatic carbocycles. The summed E-state index contributed by atoms with van der Waals surface area (Å²) < 4.78 is 0. The van der Waals surface area contributed by atoms with E-state index in [2.05, 4.69) is 5.32 Å². The number of amides is 2. The minimum absolute atomic E-state index is 0.0596. The zero-order valence-corrected chi connectivity index (χ0v) is 15.1. The number of hydrogen-bond acceptors (Lipinski definition) is 2. The normalized spacial score (nSPS) is 13.5. The third kappa shape index (κ3) is 3.85. The van der Waals surface area contributed by atoms with Gasteiger partial charge in [0.15, 0.2) is 0 Å². The zero-order chi connectivity index (χ0) is 18.0. The van der Waals surface area contributed by atoms with Gasteiger partial charge in [0.1, 0.15) is 0 Å². The number of carbonyl (C=O) groups is 2. The standard InChI is InChI=1S/C20H21ClN2O2/c1-13(2)20(25)23-10-4-6-14-8-9-17(12-18(14)23)22-19(24)15-5-3-7-16(21)11-15/h3,5,7-9,11-13H,4,6,10H2,1-2H3,(H,22,24). The summed E-state index contributed by atoms with van der Waals surface area (Å²) in [4.78, 5) is 26.7. The zero-order valence-electron chi connectivity index (χ0n) is 14.4. The molecule has 1 N–H and O–H groups in total. The molecule has 1 aliphatic rings. The molecule has 0 unspecified atom stereocenters. The Morgan fingerprint density at radius 3 is 2.68 bits per heavy atom. The first-order valence-corrected chi connectivity index (χ1v) is 8.84. The maximum atomic E-state index is 12.5. The van der Waals surface area contributed by atoms with E-state index in [-0.39, 0.29) is 17.7 Å². The molecule has 3 rings (SSSR count). The van der Waals surface area contributed by atoms with Crippen LogP contribution in [0, 0.1) is 5.92 Å². The van der Waals surface area contributed by atoms with Crippen LogP contribution < -0.4 is 10.2 Å². The molecule has 2 amide bonds. The summed E-state index contributed by atoms with van der Waals surface area (Å²) in [6, 6.07) is 12.6. The molecule has 4 nitrogen and oxygen atoms in total. The number of rotatable bonds is 3. The molecule has 0 spiro atoms. The number of hydrogen-bond donors (Lipinski definition) is 1. The summed E-state index contributed by atoms with van der Waals surface area (Å²) in [5.74, 6) is -0.171. The van der Waals surface area contributed by atoms with Crippen LogP contribution in [0.4, 0.5) is 11.4 Å². The van der Waals surface area contributed by atoms with E-state index in [1.807, 2.05) is 36.9 Å². The number of halogens is 1. The number of anilines is 2. The van der Waals surface area contributed by atoms with Crippen molar-refractivity contribution < 1.29 is 9.59 Å². The van der Waals surface area contributed by atoms with Crippen LogP contribution in [0.3, 0.4) is 0 Å². The Morgan fingerprint density at radius 2 is 1.96 bits per heavy atom. The van der Waals surface area contributed by atoms with Crippen LogP contribution in [0.15, 0.2) is 42.5 Å². The molecule has 130 valence electrons. The smallest absolute Gasteiger partial charge is 0.255 e. The van der Waals surface area contributed by atoms with Crippen LogP contribution in [0.1, 0.15) is 36.2 Å². The number of benzene rings is 2. The molecule has 0 aromatic heterocycles. The van der Waals surface area contributed by atoms with Gasteiger partial charge in [0, 0.05) is 34.4 Å². The fraction of sp³-hybridized carbons (Fsp3) is 0.300. The van der Waals surface area contributed by atoms with Gasteiger partial charge in [-0.05, 0) is 48.7 Å². The number of nitrogens with one attached hydrogen (secondary N) is 1. The van der Waals surface area contributed by atoms with Gasteiger partial charge in [-0.3, -0.25) is 9.59 Å². The first-order valence-electron chi connectivity index (χ1n) is 8.47. The molecule has 1 heterocycles. The Morgan fingerprint density at radius 1 is 1.16 bits per heavy atom. The Bertz CT molecular complexity index is 817. The van der Waals surface area contributed by atoms with E-state index >= 15 is 0 Å². The fourth-order valence-electron chi connectivity index (χ4n) is 3.03. The maximum absolute atomic E-state index is 12.5. The molecule has 5 heteroatoms. The molecule has 0 fully saturated rings. The second-order valence-corrected chi connectivity index (χ2v) is 6.99. The molecule has 0 atom stereocenters. The van der Waals surface area contributed by atoms with Crippen molar-refractivity contribution in [1.29, 1.82) is 0 Å². The van der Waals surface area contributed by atoms with Gasteiger partial charge in [-0.15, -0.1) is 0 Å². The van der Waals surface area contributed by atoms with Crippen LogP contribution in [-0.4, -0.2) is 18.4 Å². The highest BCUT2D eigenvalue weighted by molar-refractivity contribution is 6.31. The summed E-state index contributed by atoms with van der Waals surface area (Å²) >= 11 is 5.95. The highest BCUT2D eigenvalue weighted by Crippen LogP contribution is 2.31. The van der Waals surface area contributed by atoms with Crippen molar-refractivity contribution in [3.8, 4) is 0 Å². The Labute approximate surface area is 152 Å². The molecule has 0 bridgehead atoms. The lowest BCUT2D eigenvalue weighted by Crippen LogP contribution is -2.38. The van der Waals surface area contributed by atoms with Crippen molar-refractivity contribution in [3.63, 3.8) is 0 Å². The molecule has 25 heavy (non-hydrogen) atoms.